The zero-order valence-corrected chi connectivity index (χ0v) is 11.0. The molecule has 0 rings (SSSR count). The summed E-state index contributed by atoms with van der Waals surface area (Å²) in [5.41, 5.74) is 0. The van der Waals surface area contributed by atoms with Gasteiger partial charge in [-0.15, -0.1) is 0 Å². The van der Waals surface area contributed by atoms with Crippen LogP contribution in [0.1, 0.15) is 20.3 Å². The summed E-state index contributed by atoms with van der Waals surface area (Å²) in [5.74, 6) is 0. The topological polar surface area (TPSA) is 64.0 Å². The van der Waals surface area contributed by atoms with Crippen molar-refractivity contribution in [2.24, 2.45) is 0 Å². The Balaban J connectivity index is 4.23. The molecule has 2 unspecified atom stereocenters. The lowest BCUT2D eigenvalue weighted by molar-refractivity contribution is -0.193. The summed E-state index contributed by atoms with van der Waals surface area (Å²) in [7, 11) is 3.13. The molecular formula is C11H22N2O4. The van der Waals surface area contributed by atoms with E-state index < -0.39 is 0 Å². The van der Waals surface area contributed by atoms with E-state index in [1.165, 1.54) is 0 Å². The fourth-order valence-electron chi connectivity index (χ4n) is 1.36. The second-order valence-electron chi connectivity index (χ2n) is 3.49. The molecule has 0 saturated carbocycles. The number of ether oxygens (including phenoxy) is 4. The normalized spacial score (nSPS) is 14.6. The van der Waals surface area contributed by atoms with Crippen LogP contribution in [0.5, 0.6) is 0 Å². The van der Waals surface area contributed by atoms with E-state index in [2.05, 4.69) is 6.07 Å². The molecule has 0 aromatic heterocycles. The third-order valence-electron chi connectivity index (χ3n) is 2.27. The average Bonchev–Trinajstić information content (AvgIpc) is 2.34. The third kappa shape index (κ3) is 7.26. The number of nitriles is 1. The summed E-state index contributed by atoms with van der Waals surface area (Å²) in [6, 6.07) is 2.10. The van der Waals surface area contributed by atoms with Crippen molar-refractivity contribution < 1.29 is 18.9 Å². The smallest absolute Gasteiger partial charge is 0.148 e. The van der Waals surface area contributed by atoms with E-state index in [1.54, 1.807) is 14.2 Å². The van der Waals surface area contributed by atoms with Gasteiger partial charge in [0, 0.05) is 27.2 Å². The van der Waals surface area contributed by atoms with Gasteiger partial charge in [0.25, 0.3) is 0 Å². The monoisotopic (exact) mass is 246 g/mol. The van der Waals surface area contributed by atoms with Crippen LogP contribution in [-0.2, 0) is 18.9 Å². The van der Waals surface area contributed by atoms with E-state index in [1.807, 2.05) is 18.7 Å². The Morgan fingerprint density at radius 2 is 1.53 bits per heavy atom. The van der Waals surface area contributed by atoms with Crippen LogP contribution in [-0.4, -0.2) is 51.7 Å². The van der Waals surface area contributed by atoms with E-state index in [9.17, 15) is 0 Å². The van der Waals surface area contributed by atoms with Crippen LogP contribution in [0.3, 0.4) is 0 Å². The number of hydrogen-bond acceptors (Lipinski definition) is 6. The largest absolute Gasteiger partial charge is 0.359 e. The zero-order valence-electron chi connectivity index (χ0n) is 11.0. The van der Waals surface area contributed by atoms with Crippen molar-refractivity contribution in [3.8, 4) is 6.07 Å². The molecule has 6 heteroatoms. The van der Waals surface area contributed by atoms with E-state index in [4.69, 9.17) is 24.2 Å². The maximum Gasteiger partial charge on any atom is 0.148 e. The summed E-state index contributed by atoms with van der Waals surface area (Å²) < 4.78 is 20.5. The Bertz CT molecular complexity index is 206. The summed E-state index contributed by atoms with van der Waals surface area (Å²) >= 11 is 0. The highest BCUT2D eigenvalue weighted by molar-refractivity contribution is 4.73. The molecule has 0 N–H and O–H groups in total. The molecule has 100 valence electrons. The fourth-order valence-corrected chi connectivity index (χ4v) is 1.36. The van der Waals surface area contributed by atoms with Gasteiger partial charge in [-0.05, 0) is 13.8 Å². The minimum Gasteiger partial charge on any atom is -0.359 e. The van der Waals surface area contributed by atoms with Gasteiger partial charge in [0.15, 0.2) is 0 Å². The Kier molecular flexibility index (Phi) is 10.0. The van der Waals surface area contributed by atoms with Crippen molar-refractivity contribution in [1.82, 2.24) is 4.90 Å². The van der Waals surface area contributed by atoms with E-state index in [0.717, 1.165) is 0 Å². The molecule has 0 fully saturated rings. The summed E-state index contributed by atoms with van der Waals surface area (Å²) in [6.07, 6.45) is 0.0479. The summed E-state index contributed by atoms with van der Waals surface area (Å²) in [5, 5.41) is 8.62. The van der Waals surface area contributed by atoms with Gasteiger partial charge in [-0.25, -0.2) is 0 Å². The molecule has 0 saturated heterocycles. The predicted octanol–water partition coefficient (Wildman–Crippen LogP) is 1.14. The third-order valence-corrected chi connectivity index (χ3v) is 2.27. The van der Waals surface area contributed by atoms with Gasteiger partial charge in [-0.2, -0.15) is 5.26 Å². The van der Waals surface area contributed by atoms with Crippen LogP contribution in [0.4, 0.5) is 0 Å². The zero-order chi connectivity index (χ0) is 13.1. The molecule has 0 aliphatic carbocycles. The lowest BCUT2D eigenvalue weighted by Crippen LogP contribution is -2.44. The van der Waals surface area contributed by atoms with Crippen molar-refractivity contribution in [2.75, 3.05) is 34.4 Å². The molecule has 0 aliphatic rings. The molecule has 0 aliphatic heterocycles. The van der Waals surface area contributed by atoms with Crippen molar-refractivity contribution >= 4 is 0 Å². The molecule has 0 bridgehead atoms. The Morgan fingerprint density at radius 1 is 1.06 bits per heavy atom. The van der Waals surface area contributed by atoms with Crippen molar-refractivity contribution in [1.29, 1.82) is 5.26 Å². The van der Waals surface area contributed by atoms with Crippen LogP contribution < -0.4 is 0 Å². The first kappa shape index (κ1) is 16.3. The standard InChI is InChI=1S/C11H22N2O4/c1-10(16-8-14-3)13(7-5-6-12)11(2)17-9-15-4/h10-11H,5,7-9H2,1-4H3. The first-order valence-electron chi connectivity index (χ1n) is 5.51. The molecule has 0 radical (unpaired) electrons. The van der Waals surface area contributed by atoms with E-state index in [0.29, 0.717) is 13.0 Å². The number of methoxy groups -OCH3 is 2. The van der Waals surface area contributed by atoms with Gasteiger partial charge in [-0.1, -0.05) is 0 Å². The van der Waals surface area contributed by atoms with Gasteiger partial charge in [-0.3, -0.25) is 4.90 Å². The molecule has 2 atom stereocenters. The molecule has 0 amide bonds. The first-order valence-corrected chi connectivity index (χ1v) is 5.51. The quantitative estimate of drug-likeness (QED) is 0.538. The predicted molar refractivity (Wildman–Crippen MR) is 61.8 cm³/mol. The maximum absolute atomic E-state index is 8.62. The molecule has 17 heavy (non-hydrogen) atoms. The molecule has 0 aromatic carbocycles. The van der Waals surface area contributed by atoms with Crippen LogP contribution in [0.25, 0.3) is 0 Å². The first-order chi connectivity index (χ1) is 8.17. The van der Waals surface area contributed by atoms with Crippen LogP contribution in [0, 0.1) is 11.3 Å². The Hall–Kier alpha value is -0.710. The number of nitrogens with zero attached hydrogens (tertiary/aromatic N) is 2. The van der Waals surface area contributed by atoms with Gasteiger partial charge in [0.1, 0.15) is 26.0 Å². The van der Waals surface area contributed by atoms with E-state index >= 15 is 0 Å². The molecule has 0 aromatic rings. The highest BCUT2D eigenvalue weighted by Crippen LogP contribution is 2.09. The molecule has 0 heterocycles. The number of rotatable bonds is 10. The van der Waals surface area contributed by atoms with Gasteiger partial charge >= 0.3 is 0 Å². The SMILES string of the molecule is COCOC(C)N(CCC#N)C(C)OCOC. The minimum absolute atomic E-state index is 0.185. The highest BCUT2D eigenvalue weighted by atomic mass is 16.7. The van der Waals surface area contributed by atoms with Crippen molar-refractivity contribution in [2.45, 2.75) is 32.7 Å². The summed E-state index contributed by atoms with van der Waals surface area (Å²) in [6.45, 7) is 4.78. The lowest BCUT2D eigenvalue weighted by atomic mass is 10.3. The average molecular weight is 246 g/mol. The van der Waals surface area contributed by atoms with Gasteiger partial charge < -0.3 is 18.9 Å². The maximum atomic E-state index is 8.62. The second kappa shape index (κ2) is 10.4. The van der Waals surface area contributed by atoms with Gasteiger partial charge in [0.05, 0.1) is 6.07 Å². The Morgan fingerprint density at radius 3 is 1.88 bits per heavy atom. The van der Waals surface area contributed by atoms with Crippen LogP contribution >= 0.6 is 0 Å². The molecular weight excluding hydrogens is 224 g/mol. The van der Waals surface area contributed by atoms with Crippen LogP contribution in [0.15, 0.2) is 0 Å². The van der Waals surface area contributed by atoms with Gasteiger partial charge in [0.2, 0.25) is 0 Å². The summed E-state index contributed by atoms with van der Waals surface area (Å²) in [4.78, 5) is 1.93. The second-order valence-corrected chi connectivity index (χ2v) is 3.49. The lowest BCUT2D eigenvalue weighted by Gasteiger charge is -2.33. The minimum atomic E-state index is -0.185. The molecule has 6 nitrogen and oxygen atoms in total. The van der Waals surface area contributed by atoms with Crippen molar-refractivity contribution in [3.63, 3.8) is 0 Å². The number of hydrogen-bond donors (Lipinski definition) is 0. The van der Waals surface area contributed by atoms with E-state index in [-0.39, 0.29) is 26.0 Å². The highest BCUT2D eigenvalue weighted by Gasteiger charge is 2.20. The molecule has 0 spiro atoms. The van der Waals surface area contributed by atoms with Crippen molar-refractivity contribution in [3.05, 3.63) is 0 Å². The fraction of sp³-hybridized carbons (Fsp3) is 0.909. The van der Waals surface area contributed by atoms with Crippen LogP contribution in [0.2, 0.25) is 0 Å². The Labute approximate surface area is 103 Å².